The maximum atomic E-state index is 12.0. The Bertz CT molecular complexity index is 455. The van der Waals surface area contributed by atoms with Gasteiger partial charge in [0, 0.05) is 31.2 Å². The lowest BCUT2D eigenvalue weighted by Gasteiger charge is -2.40. The predicted octanol–water partition coefficient (Wildman–Crippen LogP) is 2.92. The minimum Gasteiger partial charge on any atom is -0.377 e. The maximum Gasteiger partial charge on any atom is 0.242 e. The molecule has 3 N–H and O–H groups in total. The fourth-order valence-corrected chi connectivity index (χ4v) is 3.19. The second-order valence-corrected chi connectivity index (χ2v) is 8.93. The fourth-order valence-electron chi connectivity index (χ4n) is 3.19. The standard InChI is InChI=1S/C19H38N4O2.HI/c1-8-20-17(22-13-15(24)23-19(5,6)7)21-12-14-10-9-11-25-16(14)18(2,3)4;/h14,16H,8-13H2,1-7H3,(H,23,24)(H2,20,21,22);1H. The number of nitrogens with one attached hydrogen (secondary N) is 3. The zero-order valence-corrected chi connectivity index (χ0v) is 19.9. The second kappa shape index (κ2) is 11.3. The van der Waals surface area contributed by atoms with Crippen LogP contribution in [-0.4, -0.2) is 49.8 Å². The van der Waals surface area contributed by atoms with E-state index in [1.165, 1.54) is 0 Å². The van der Waals surface area contributed by atoms with Gasteiger partial charge in [0.1, 0.15) is 6.54 Å². The van der Waals surface area contributed by atoms with Gasteiger partial charge in [0.05, 0.1) is 6.10 Å². The normalized spacial score (nSPS) is 21.6. The molecule has 0 aromatic rings. The average molecular weight is 482 g/mol. The van der Waals surface area contributed by atoms with Gasteiger partial charge in [-0.2, -0.15) is 0 Å². The molecule has 26 heavy (non-hydrogen) atoms. The van der Waals surface area contributed by atoms with Gasteiger partial charge in [-0.05, 0) is 46.0 Å². The zero-order valence-electron chi connectivity index (χ0n) is 17.6. The van der Waals surface area contributed by atoms with E-state index < -0.39 is 0 Å². The van der Waals surface area contributed by atoms with E-state index in [1.54, 1.807) is 0 Å². The van der Waals surface area contributed by atoms with Gasteiger partial charge in [-0.25, -0.2) is 4.99 Å². The number of carbonyl (C=O) groups excluding carboxylic acids is 1. The summed E-state index contributed by atoms with van der Waals surface area (Å²) in [5, 5.41) is 9.53. The molecule has 2 unspecified atom stereocenters. The Hall–Kier alpha value is -0.570. The molecular formula is C19H39IN4O2. The summed E-state index contributed by atoms with van der Waals surface area (Å²) in [5.74, 6) is 1.06. The summed E-state index contributed by atoms with van der Waals surface area (Å²) in [4.78, 5) is 16.4. The Morgan fingerprint density at radius 2 is 1.81 bits per heavy atom. The lowest BCUT2D eigenvalue weighted by Crippen LogP contribution is -2.48. The smallest absolute Gasteiger partial charge is 0.242 e. The molecule has 0 bridgehead atoms. The van der Waals surface area contributed by atoms with Crippen LogP contribution < -0.4 is 16.0 Å². The van der Waals surface area contributed by atoms with Crippen LogP contribution in [0.15, 0.2) is 4.99 Å². The number of ether oxygens (including phenoxy) is 1. The van der Waals surface area contributed by atoms with Crippen molar-refractivity contribution < 1.29 is 9.53 Å². The number of halogens is 1. The largest absolute Gasteiger partial charge is 0.377 e. The van der Waals surface area contributed by atoms with Gasteiger partial charge in [-0.15, -0.1) is 24.0 Å². The first-order valence-electron chi connectivity index (χ1n) is 9.47. The summed E-state index contributed by atoms with van der Waals surface area (Å²) >= 11 is 0. The van der Waals surface area contributed by atoms with Crippen molar-refractivity contribution in [3.05, 3.63) is 0 Å². The van der Waals surface area contributed by atoms with Crippen LogP contribution in [0, 0.1) is 11.3 Å². The van der Waals surface area contributed by atoms with Crippen LogP contribution in [0.4, 0.5) is 0 Å². The first kappa shape index (κ1) is 25.4. The van der Waals surface area contributed by atoms with Gasteiger partial charge >= 0.3 is 0 Å². The van der Waals surface area contributed by atoms with Crippen LogP contribution in [0.3, 0.4) is 0 Å². The van der Waals surface area contributed by atoms with E-state index in [1.807, 2.05) is 27.7 Å². The molecule has 1 saturated heterocycles. The zero-order chi connectivity index (χ0) is 19.1. The van der Waals surface area contributed by atoms with Gasteiger partial charge < -0.3 is 20.7 Å². The van der Waals surface area contributed by atoms with Crippen molar-refractivity contribution in [1.82, 2.24) is 16.0 Å². The molecule has 0 spiro atoms. The van der Waals surface area contributed by atoms with Crippen LogP contribution in [-0.2, 0) is 9.53 Å². The van der Waals surface area contributed by atoms with Crippen LogP contribution in [0.2, 0.25) is 0 Å². The van der Waals surface area contributed by atoms with Crippen LogP contribution in [0.25, 0.3) is 0 Å². The molecule has 1 fully saturated rings. The molecule has 154 valence electrons. The van der Waals surface area contributed by atoms with E-state index in [4.69, 9.17) is 4.74 Å². The summed E-state index contributed by atoms with van der Waals surface area (Å²) in [6.07, 6.45) is 2.49. The number of nitrogens with zero attached hydrogens (tertiary/aromatic N) is 1. The number of hydrogen-bond donors (Lipinski definition) is 3. The summed E-state index contributed by atoms with van der Waals surface area (Å²) in [6.45, 7) is 17.1. The molecule has 1 heterocycles. The maximum absolute atomic E-state index is 12.0. The lowest BCUT2D eigenvalue weighted by atomic mass is 9.78. The first-order chi connectivity index (χ1) is 11.5. The third-order valence-electron chi connectivity index (χ3n) is 4.07. The Morgan fingerprint density at radius 3 is 2.35 bits per heavy atom. The molecule has 1 aliphatic heterocycles. The van der Waals surface area contributed by atoms with Crippen LogP contribution >= 0.6 is 24.0 Å². The van der Waals surface area contributed by atoms with Gasteiger partial charge in [0.2, 0.25) is 5.91 Å². The Kier molecular flexibility index (Phi) is 11.1. The molecule has 0 aliphatic carbocycles. The van der Waals surface area contributed by atoms with Crippen molar-refractivity contribution in [3.63, 3.8) is 0 Å². The SMILES string of the molecule is CCNC(=NCC(=O)NC(C)(C)C)NCC1CCCOC1C(C)(C)C.I. The minimum atomic E-state index is -0.238. The van der Waals surface area contributed by atoms with E-state index in [9.17, 15) is 4.79 Å². The van der Waals surface area contributed by atoms with Gasteiger partial charge in [-0.1, -0.05) is 20.8 Å². The van der Waals surface area contributed by atoms with E-state index in [0.29, 0.717) is 11.9 Å². The van der Waals surface area contributed by atoms with Crippen LogP contribution in [0.1, 0.15) is 61.3 Å². The molecule has 1 rings (SSSR count). The molecule has 0 aromatic carbocycles. The highest BCUT2D eigenvalue weighted by atomic mass is 127. The van der Waals surface area contributed by atoms with Crippen molar-refractivity contribution in [1.29, 1.82) is 0 Å². The monoisotopic (exact) mass is 482 g/mol. The van der Waals surface area contributed by atoms with Crippen LogP contribution in [0.5, 0.6) is 0 Å². The molecule has 1 amide bonds. The topological polar surface area (TPSA) is 74.8 Å². The van der Waals surface area contributed by atoms with Gasteiger partial charge in [-0.3, -0.25) is 4.79 Å². The average Bonchev–Trinajstić information content (AvgIpc) is 2.47. The van der Waals surface area contributed by atoms with E-state index >= 15 is 0 Å². The molecule has 6 nitrogen and oxygen atoms in total. The molecule has 1 aliphatic rings. The Morgan fingerprint density at radius 1 is 1.15 bits per heavy atom. The van der Waals surface area contributed by atoms with E-state index in [0.717, 1.165) is 32.5 Å². The van der Waals surface area contributed by atoms with Crippen molar-refractivity contribution in [2.45, 2.75) is 73.0 Å². The number of carbonyl (C=O) groups is 1. The first-order valence-corrected chi connectivity index (χ1v) is 9.47. The summed E-state index contributed by atoms with van der Waals surface area (Å²) < 4.78 is 6.04. The van der Waals surface area contributed by atoms with Crippen molar-refractivity contribution in [2.75, 3.05) is 26.2 Å². The second-order valence-electron chi connectivity index (χ2n) is 8.93. The number of rotatable bonds is 5. The number of amides is 1. The molecule has 0 saturated carbocycles. The van der Waals surface area contributed by atoms with Crippen molar-refractivity contribution >= 4 is 35.8 Å². The van der Waals surface area contributed by atoms with E-state index in [-0.39, 0.29) is 53.5 Å². The number of guanidine groups is 1. The molecule has 0 aromatic heterocycles. The van der Waals surface area contributed by atoms with Crippen molar-refractivity contribution in [2.24, 2.45) is 16.3 Å². The summed E-state index contributed by atoms with van der Waals surface area (Å²) in [7, 11) is 0. The lowest BCUT2D eigenvalue weighted by molar-refractivity contribution is -0.121. The highest BCUT2D eigenvalue weighted by Gasteiger charge is 2.35. The molecule has 0 radical (unpaired) electrons. The summed E-state index contributed by atoms with van der Waals surface area (Å²) in [5.41, 5.74) is -0.118. The minimum absolute atomic E-state index is 0. The molecule has 2 atom stereocenters. The molecule has 7 heteroatoms. The Balaban J connectivity index is 0.00000625. The van der Waals surface area contributed by atoms with Crippen molar-refractivity contribution in [3.8, 4) is 0 Å². The third kappa shape index (κ3) is 9.94. The Labute approximate surface area is 176 Å². The number of aliphatic imine (C=N–C) groups is 1. The van der Waals surface area contributed by atoms with E-state index in [2.05, 4.69) is 41.7 Å². The predicted molar refractivity (Wildman–Crippen MR) is 119 cm³/mol. The highest BCUT2D eigenvalue weighted by molar-refractivity contribution is 14.0. The van der Waals surface area contributed by atoms with Gasteiger partial charge in [0.25, 0.3) is 0 Å². The van der Waals surface area contributed by atoms with Gasteiger partial charge in [0.15, 0.2) is 5.96 Å². The quantitative estimate of drug-likeness (QED) is 0.320. The third-order valence-corrected chi connectivity index (χ3v) is 4.07. The summed E-state index contributed by atoms with van der Waals surface area (Å²) in [6, 6.07) is 0. The fraction of sp³-hybridized carbons (Fsp3) is 0.895. The highest BCUT2D eigenvalue weighted by Crippen LogP contribution is 2.33. The number of hydrogen-bond acceptors (Lipinski definition) is 3. The molecular weight excluding hydrogens is 443 g/mol.